The van der Waals surface area contributed by atoms with Crippen molar-refractivity contribution in [3.63, 3.8) is 0 Å². The number of rotatable bonds is 40. The zero-order chi connectivity index (χ0) is 66.8. The van der Waals surface area contributed by atoms with Crippen LogP contribution < -0.4 is 41.9 Å². The van der Waals surface area contributed by atoms with Crippen molar-refractivity contribution >= 4 is 108 Å². The molecule has 0 unspecified atom stereocenters. The maximum atomic E-state index is 13.9. The molecular weight excluding hydrogens is 1280 g/mol. The minimum absolute atomic E-state index is 0. The number of ether oxygens (including phenoxy) is 2. The number of H-pyrrole nitrogens is 1. The molecule has 3 amide bonds. The SMILES string of the molecule is C[C@H](NC(=O)[C@H](CC(=O)O)CC(=O)COCCOCCNC(=S)Nc1ccc(CN2CCN(CC(=O)[O-])CCN(CC(=O)[O-])CCN(CC(=O)[O-])CC2)cc1)C(=O)C[C@@H](Cc1cnc[nH]1)C(=O)N[C@@H](CO)C(=O)C[C@@H](Cc1ccccc1)C(=O)N[C@@H](CO)C(=O)O.[Ga+3]. The Hall–Kier alpha value is -7.57. The molecule has 6 atom stereocenters. The summed E-state index contributed by atoms with van der Waals surface area (Å²) < 4.78 is 11.0. The number of imidazole rings is 1. The zero-order valence-electron chi connectivity index (χ0n) is 51.0. The number of aromatic amines is 1. The number of aromatic nitrogens is 2. The Balaban J connectivity index is 0.0000221. The number of hydrogen-bond acceptors (Lipinski definition) is 24. The fraction of sp³-hybridized carbons (Fsp3) is 0.542. The Bertz CT molecular complexity index is 2850. The predicted molar refractivity (Wildman–Crippen MR) is 325 cm³/mol. The number of thiocarbonyl (C=S) groups is 1. The van der Waals surface area contributed by atoms with Crippen LogP contribution in [0.5, 0.6) is 0 Å². The standard InChI is InChI=1S/C59H83N11O20S.Ga/c1-38(49(74)26-42(24-45-29-60-37-62-45)57(86)65-47(34-71)50(75)27-41(23-39-5-3-2-4-6-39)56(85)66-48(35-72)58(87)88)63-55(84)43(28-51(76)77)25-46(73)36-90-22-21-89-20-11-61-59(91)64-44-9-7-40(8-10-44)30-67-12-14-68(31-52(78)79)16-18-70(33-54(82)83)19-17-69(15-13-67)32-53(80)81;/h2-10,29,37-38,41-43,47-48,71-72H,11-28,30-36H2,1H3,(H,60,62)(H,63,84)(H,65,86)(H,66,85)(H,76,77)(H,78,79)(H,80,81)(H,82,83)(H,87,88)(H2,61,64,91);/q;+3/p-3/t38-,41+,42+,43-,47-,48-;/m0./s1. The number of benzene rings is 2. The normalized spacial score (nSPS) is 15.6. The Kier molecular flexibility index (Phi) is 36.4. The van der Waals surface area contributed by atoms with Gasteiger partial charge in [0.2, 0.25) is 17.7 Å². The van der Waals surface area contributed by atoms with Gasteiger partial charge in [-0.1, -0.05) is 42.5 Å². The summed E-state index contributed by atoms with van der Waals surface area (Å²) in [7, 11) is 0. The van der Waals surface area contributed by atoms with E-state index in [1.54, 1.807) is 45.0 Å². The summed E-state index contributed by atoms with van der Waals surface area (Å²) in [5.74, 6) is -15.5. The van der Waals surface area contributed by atoms with Gasteiger partial charge in [0.1, 0.15) is 18.7 Å². The molecule has 0 saturated carbocycles. The third-order valence-corrected chi connectivity index (χ3v) is 14.8. The van der Waals surface area contributed by atoms with Crippen molar-refractivity contribution in [1.82, 2.24) is 50.8 Å². The number of anilines is 1. The van der Waals surface area contributed by atoms with E-state index in [1.807, 2.05) is 24.3 Å². The number of carboxylic acid groups (broad SMARTS) is 5. The van der Waals surface area contributed by atoms with Crippen LogP contribution in [-0.4, -0.2) is 276 Å². The van der Waals surface area contributed by atoms with Crippen LogP contribution in [0.4, 0.5) is 5.69 Å². The van der Waals surface area contributed by atoms with Gasteiger partial charge in [0, 0.05) is 134 Å². The van der Waals surface area contributed by atoms with Crippen molar-refractivity contribution in [1.29, 1.82) is 0 Å². The Morgan fingerprint density at radius 2 is 1.12 bits per heavy atom. The van der Waals surface area contributed by atoms with Crippen LogP contribution >= 0.6 is 12.2 Å². The summed E-state index contributed by atoms with van der Waals surface area (Å²) in [6.07, 6.45) is 0.0330. The molecule has 1 saturated heterocycles. The zero-order valence-corrected chi connectivity index (χ0v) is 54.3. The first kappa shape index (κ1) is 78.7. The number of aliphatic carboxylic acids is 5. The molecule has 31 nitrogen and oxygen atoms in total. The third kappa shape index (κ3) is 31.2. The van der Waals surface area contributed by atoms with E-state index in [2.05, 4.69) is 41.5 Å². The van der Waals surface area contributed by atoms with Crippen LogP contribution in [-0.2, 0) is 81.6 Å². The van der Waals surface area contributed by atoms with Crippen LogP contribution in [0, 0.1) is 17.8 Å². The van der Waals surface area contributed by atoms with E-state index in [1.165, 1.54) is 19.4 Å². The van der Waals surface area contributed by atoms with Gasteiger partial charge >= 0.3 is 31.7 Å². The van der Waals surface area contributed by atoms with Gasteiger partial charge in [-0.25, -0.2) is 9.78 Å². The topological polar surface area (TPSA) is 458 Å². The molecule has 10 N–H and O–H groups in total. The largest absolute Gasteiger partial charge is 3.00 e. The number of hydrogen-bond donors (Lipinski definition) is 10. The second-order valence-corrected chi connectivity index (χ2v) is 22.2. The van der Waals surface area contributed by atoms with E-state index in [0.717, 1.165) is 5.56 Å². The molecule has 3 aromatic rings. The number of carboxylic acids is 5. The molecule has 0 radical (unpaired) electrons. The smallest absolute Gasteiger partial charge is 0.549 e. The average Bonchev–Trinajstić information content (AvgIpc) is 1.91. The number of nitrogens with zero attached hydrogens (tertiary/aromatic N) is 5. The van der Waals surface area contributed by atoms with E-state index in [4.69, 9.17) is 21.7 Å². The van der Waals surface area contributed by atoms with Crippen LogP contribution in [0.3, 0.4) is 0 Å². The minimum Gasteiger partial charge on any atom is -0.549 e. The quantitative estimate of drug-likeness (QED) is 0.0144. The molecule has 92 heavy (non-hydrogen) atoms. The fourth-order valence-electron chi connectivity index (χ4n) is 9.62. The van der Waals surface area contributed by atoms with Crippen LogP contribution in [0.15, 0.2) is 67.1 Å². The van der Waals surface area contributed by atoms with Crippen molar-refractivity contribution in [2.75, 3.05) is 123 Å². The van der Waals surface area contributed by atoms with E-state index in [-0.39, 0.29) is 103 Å². The maximum Gasteiger partial charge on any atom is 3.00 e. The monoisotopic (exact) mass is 1360 g/mol. The van der Waals surface area contributed by atoms with E-state index < -0.39 is 153 Å². The number of amides is 3. The van der Waals surface area contributed by atoms with Gasteiger partial charge in [0.15, 0.2) is 22.5 Å². The third-order valence-electron chi connectivity index (χ3n) is 14.5. The molecule has 2 heterocycles. The average molecular weight is 1370 g/mol. The number of aliphatic hydroxyl groups excluding tert-OH is 2. The van der Waals surface area contributed by atoms with Gasteiger partial charge in [0.05, 0.1) is 81.6 Å². The number of aliphatic hydroxyl groups is 2. The van der Waals surface area contributed by atoms with E-state index >= 15 is 0 Å². The number of ketones is 3. The first-order valence-corrected chi connectivity index (χ1v) is 29.8. The van der Waals surface area contributed by atoms with Crippen LogP contribution in [0.1, 0.15) is 49.4 Å². The molecule has 1 aromatic heterocycles. The van der Waals surface area contributed by atoms with Crippen molar-refractivity contribution in [2.24, 2.45) is 17.8 Å². The number of Topliss-reactive ketones (excluding diaryl/α,β-unsaturated/α-hetero) is 3. The Morgan fingerprint density at radius 1 is 0.609 bits per heavy atom. The van der Waals surface area contributed by atoms with Crippen molar-refractivity contribution < 1.29 is 98.0 Å². The van der Waals surface area contributed by atoms with Crippen molar-refractivity contribution in [2.45, 2.75) is 70.1 Å². The van der Waals surface area contributed by atoms with Gasteiger partial charge in [0.25, 0.3) is 0 Å². The summed E-state index contributed by atoms with van der Waals surface area (Å²) in [5.41, 5.74) is 2.56. The summed E-state index contributed by atoms with van der Waals surface area (Å²) in [6, 6.07) is 11.2. The van der Waals surface area contributed by atoms with Crippen LogP contribution in [0.2, 0.25) is 0 Å². The first-order valence-electron chi connectivity index (χ1n) is 29.4. The molecular formula is C59H80GaN11O20S. The summed E-state index contributed by atoms with van der Waals surface area (Å²) in [6.45, 7) is 1.04. The minimum atomic E-state index is -1.67. The molecule has 0 bridgehead atoms. The molecule has 4 rings (SSSR count). The number of carbonyl (C=O) groups excluding carboxylic acids is 9. The predicted octanol–water partition coefficient (Wildman–Crippen LogP) is -6.45. The summed E-state index contributed by atoms with van der Waals surface area (Å²) in [5, 5.41) is 86.7. The van der Waals surface area contributed by atoms with Gasteiger partial charge < -0.3 is 91.2 Å². The van der Waals surface area contributed by atoms with Crippen molar-refractivity contribution in [3.8, 4) is 0 Å². The second-order valence-electron chi connectivity index (χ2n) is 21.8. The Morgan fingerprint density at radius 3 is 1.63 bits per heavy atom. The molecule has 1 fully saturated rings. The number of carbonyl (C=O) groups is 11. The molecule has 2 aromatic carbocycles. The maximum absolute atomic E-state index is 13.9. The van der Waals surface area contributed by atoms with Crippen LogP contribution in [0.25, 0.3) is 0 Å². The van der Waals surface area contributed by atoms with Gasteiger partial charge in [-0.05, 0) is 48.8 Å². The molecule has 1 aliphatic rings. The van der Waals surface area contributed by atoms with Gasteiger partial charge in [-0.3, -0.25) is 53.2 Å². The fourth-order valence-corrected chi connectivity index (χ4v) is 9.83. The molecule has 1 aliphatic heterocycles. The first-order chi connectivity index (χ1) is 43.4. The summed E-state index contributed by atoms with van der Waals surface area (Å²) in [4.78, 5) is 152. The van der Waals surface area contributed by atoms with Crippen molar-refractivity contribution in [3.05, 3.63) is 83.9 Å². The molecule has 33 heteroatoms. The van der Waals surface area contributed by atoms with Gasteiger partial charge in [-0.2, -0.15) is 0 Å². The molecule has 500 valence electrons. The molecule has 0 spiro atoms. The number of nitrogens with one attached hydrogen (secondary N) is 6. The summed E-state index contributed by atoms with van der Waals surface area (Å²) >= 11 is 5.43. The van der Waals surface area contributed by atoms with E-state index in [0.29, 0.717) is 49.7 Å². The van der Waals surface area contributed by atoms with E-state index in [9.17, 15) is 88.5 Å². The molecule has 0 aliphatic carbocycles. The Labute approximate surface area is 549 Å². The van der Waals surface area contributed by atoms with Gasteiger partial charge in [-0.15, -0.1) is 0 Å². The second kappa shape index (κ2) is 42.5.